The molecule has 1 fully saturated rings. The molecule has 0 spiro atoms. The van der Waals surface area contributed by atoms with Gasteiger partial charge in [-0.15, -0.1) is 5.73 Å². The van der Waals surface area contributed by atoms with Crippen molar-refractivity contribution in [1.29, 1.82) is 0 Å². The van der Waals surface area contributed by atoms with Crippen LogP contribution in [-0.4, -0.2) is 37.7 Å². The third kappa shape index (κ3) is 5.72. The molecule has 0 radical (unpaired) electrons. The first kappa shape index (κ1) is 28.0. The van der Waals surface area contributed by atoms with Crippen molar-refractivity contribution >= 4 is 41.1 Å². The maximum absolute atomic E-state index is 13.4. The topological polar surface area (TPSA) is 78.9 Å². The first-order valence-electron chi connectivity index (χ1n) is 12.3. The van der Waals surface area contributed by atoms with Crippen LogP contribution in [-0.2, 0) is 23.8 Å². The van der Waals surface area contributed by atoms with Gasteiger partial charge in [-0.3, -0.25) is 9.59 Å². The lowest BCUT2D eigenvalue weighted by Gasteiger charge is -2.38. The number of rotatable bonds is 8. The lowest BCUT2D eigenvalue weighted by molar-refractivity contribution is -0.164. The molecule has 36 heavy (non-hydrogen) atoms. The van der Waals surface area contributed by atoms with Crippen molar-refractivity contribution in [3.8, 4) is 0 Å². The molecule has 1 aromatic rings. The van der Waals surface area contributed by atoms with Crippen LogP contribution in [0.3, 0.4) is 0 Å². The summed E-state index contributed by atoms with van der Waals surface area (Å²) >= 11 is 12.3. The molecular weight excluding hydrogens is 503 g/mol. The summed E-state index contributed by atoms with van der Waals surface area (Å²) in [5.41, 5.74) is 2.02. The van der Waals surface area contributed by atoms with Gasteiger partial charge in [-0.25, -0.2) is 4.79 Å². The van der Waals surface area contributed by atoms with E-state index in [0.717, 1.165) is 38.5 Å². The first-order valence-corrected chi connectivity index (χ1v) is 13.0. The number of ether oxygens (including phenoxy) is 3. The number of carbonyl (C=O) groups is 3. The molecule has 2 aliphatic rings. The van der Waals surface area contributed by atoms with Gasteiger partial charge in [-0.05, 0) is 68.9 Å². The fourth-order valence-electron chi connectivity index (χ4n) is 4.94. The summed E-state index contributed by atoms with van der Waals surface area (Å²) in [6.07, 6.45) is 9.98. The Balaban J connectivity index is 2.15. The van der Waals surface area contributed by atoms with Crippen molar-refractivity contribution < 1.29 is 28.6 Å². The molecule has 0 heterocycles. The molecule has 194 valence electrons. The Bertz CT molecular complexity index is 1090. The van der Waals surface area contributed by atoms with E-state index in [1.807, 2.05) is 6.08 Å². The first-order chi connectivity index (χ1) is 17.2. The summed E-state index contributed by atoms with van der Waals surface area (Å²) in [7, 11) is 2.47. The Hall–Kier alpha value is -2.53. The fraction of sp³-hybridized carbons (Fsp3) is 0.500. The summed E-state index contributed by atoms with van der Waals surface area (Å²) in [5.74, 6) is -2.05. The summed E-state index contributed by atoms with van der Waals surface area (Å²) in [4.78, 5) is 39.3. The normalized spacial score (nSPS) is 18.0. The number of methoxy groups -OCH3 is 2. The van der Waals surface area contributed by atoms with Crippen LogP contribution in [0.1, 0.15) is 75.1 Å². The minimum Gasteiger partial charge on any atom is -0.468 e. The van der Waals surface area contributed by atoms with Gasteiger partial charge in [0.15, 0.2) is 5.41 Å². The van der Waals surface area contributed by atoms with E-state index >= 15 is 0 Å². The van der Waals surface area contributed by atoms with Crippen LogP contribution in [0.15, 0.2) is 47.2 Å². The van der Waals surface area contributed by atoms with Gasteiger partial charge >= 0.3 is 17.9 Å². The second-order valence-electron chi connectivity index (χ2n) is 9.23. The number of hydrogen-bond donors (Lipinski definition) is 0. The Morgan fingerprint density at radius 3 is 2.31 bits per heavy atom. The number of esters is 3. The highest BCUT2D eigenvalue weighted by molar-refractivity contribution is 6.36. The van der Waals surface area contributed by atoms with E-state index in [0.29, 0.717) is 29.0 Å². The second-order valence-corrected chi connectivity index (χ2v) is 10.1. The predicted molar refractivity (Wildman–Crippen MR) is 138 cm³/mol. The van der Waals surface area contributed by atoms with E-state index in [9.17, 15) is 14.4 Å². The summed E-state index contributed by atoms with van der Waals surface area (Å²) in [5, 5.41) is 0.596. The molecule has 0 aliphatic heterocycles. The van der Waals surface area contributed by atoms with Gasteiger partial charge in [-0.1, -0.05) is 43.0 Å². The number of halogens is 2. The van der Waals surface area contributed by atoms with Gasteiger partial charge in [0.1, 0.15) is 5.60 Å². The Morgan fingerprint density at radius 1 is 1.06 bits per heavy atom. The molecule has 0 bridgehead atoms. The second kappa shape index (κ2) is 12.1. The molecule has 0 saturated heterocycles. The third-order valence-corrected chi connectivity index (χ3v) is 7.39. The minimum atomic E-state index is -1.67. The van der Waals surface area contributed by atoms with Crippen molar-refractivity contribution in [2.24, 2.45) is 5.41 Å². The highest BCUT2D eigenvalue weighted by Gasteiger charge is 2.56. The van der Waals surface area contributed by atoms with Crippen LogP contribution in [0.4, 0.5) is 0 Å². The maximum atomic E-state index is 13.4. The number of unbranched alkanes of at least 4 members (excludes halogenated alkanes) is 2. The van der Waals surface area contributed by atoms with E-state index in [-0.39, 0.29) is 17.0 Å². The van der Waals surface area contributed by atoms with Gasteiger partial charge in [0.05, 0.1) is 24.8 Å². The van der Waals surface area contributed by atoms with Gasteiger partial charge in [0, 0.05) is 22.6 Å². The molecule has 2 aliphatic carbocycles. The molecule has 0 N–H and O–H groups in total. The van der Waals surface area contributed by atoms with Crippen molar-refractivity contribution in [2.45, 2.75) is 70.3 Å². The van der Waals surface area contributed by atoms with Gasteiger partial charge in [0.2, 0.25) is 0 Å². The lowest BCUT2D eigenvalue weighted by atomic mass is 9.77. The predicted octanol–water partition coefficient (Wildman–Crippen LogP) is 6.79. The number of benzene rings is 1. The average molecular weight is 535 g/mol. The molecule has 0 atom stereocenters. The van der Waals surface area contributed by atoms with Crippen LogP contribution < -0.4 is 0 Å². The molecule has 0 aromatic heterocycles. The Kier molecular flexibility index (Phi) is 9.46. The maximum Gasteiger partial charge on any atom is 0.340 e. The third-order valence-electron chi connectivity index (χ3n) is 6.84. The molecular formula is C28H32Cl2O6. The molecule has 0 amide bonds. The quantitative estimate of drug-likeness (QED) is 0.120. The molecule has 6 nitrogen and oxygen atoms in total. The van der Waals surface area contributed by atoms with Crippen LogP contribution in [0, 0.1) is 5.41 Å². The van der Waals surface area contributed by atoms with Gasteiger partial charge in [0.25, 0.3) is 0 Å². The van der Waals surface area contributed by atoms with Gasteiger partial charge in [-0.2, -0.15) is 0 Å². The number of carbonyl (C=O) groups excluding carboxylic acids is 3. The summed E-state index contributed by atoms with van der Waals surface area (Å²) in [6.45, 7) is 2.10. The molecule has 1 saturated carbocycles. The standard InChI is InChI=1S/C28H32Cl2O6/c1-4-5-6-8-11-19-17-27(25(32)34-2,26(33)35-3)18-22(19)28(14-9-7-10-15-28)36-24(31)21-13-12-20(29)16-23(21)30/h8,12-13,16,18H,4-7,9-10,14-15,17H2,1-3H3. The SMILES string of the molecule is CCCCC=C=C1CC(C(=O)OC)(C(=O)OC)C=C1C1(OC(=O)c2ccc(Cl)cc2Cl)CCCCC1. The zero-order valence-electron chi connectivity index (χ0n) is 21.0. The van der Waals surface area contributed by atoms with Crippen LogP contribution in [0.25, 0.3) is 0 Å². The molecule has 3 rings (SSSR count). The highest BCUT2D eigenvalue weighted by atomic mass is 35.5. The smallest absolute Gasteiger partial charge is 0.340 e. The lowest BCUT2D eigenvalue weighted by Crippen LogP contribution is -2.40. The van der Waals surface area contributed by atoms with Crippen LogP contribution >= 0.6 is 23.2 Å². The van der Waals surface area contributed by atoms with Crippen molar-refractivity contribution in [3.05, 3.63) is 62.8 Å². The molecule has 0 unspecified atom stereocenters. The van der Waals surface area contributed by atoms with Crippen molar-refractivity contribution in [3.63, 3.8) is 0 Å². The fourth-order valence-corrected chi connectivity index (χ4v) is 5.43. The Labute approximate surface area is 222 Å². The zero-order chi connectivity index (χ0) is 26.3. The zero-order valence-corrected chi connectivity index (χ0v) is 22.5. The monoisotopic (exact) mass is 534 g/mol. The van der Waals surface area contributed by atoms with E-state index < -0.39 is 28.9 Å². The van der Waals surface area contributed by atoms with E-state index in [4.69, 9.17) is 37.4 Å². The molecule has 1 aromatic carbocycles. The average Bonchev–Trinajstić information content (AvgIpc) is 3.27. The summed E-state index contributed by atoms with van der Waals surface area (Å²) in [6, 6.07) is 4.60. The minimum absolute atomic E-state index is 0.0192. The summed E-state index contributed by atoms with van der Waals surface area (Å²) < 4.78 is 16.3. The van der Waals surface area contributed by atoms with Crippen molar-refractivity contribution in [2.75, 3.05) is 14.2 Å². The van der Waals surface area contributed by atoms with E-state index in [1.165, 1.54) is 26.4 Å². The van der Waals surface area contributed by atoms with E-state index in [1.54, 1.807) is 12.1 Å². The van der Waals surface area contributed by atoms with Gasteiger partial charge < -0.3 is 14.2 Å². The van der Waals surface area contributed by atoms with E-state index in [2.05, 4.69) is 12.7 Å². The largest absolute Gasteiger partial charge is 0.468 e. The molecule has 8 heteroatoms. The highest BCUT2D eigenvalue weighted by Crippen LogP contribution is 2.51. The number of hydrogen-bond acceptors (Lipinski definition) is 6. The van der Waals surface area contributed by atoms with Crippen molar-refractivity contribution in [1.82, 2.24) is 0 Å². The van der Waals surface area contributed by atoms with Crippen LogP contribution in [0.5, 0.6) is 0 Å². The van der Waals surface area contributed by atoms with Crippen LogP contribution in [0.2, 0.25) is 10.0 Å². The Morgan fingerprint density at radius 2 is 1.72 bits per heavy atom.